The summed E-state index contributed by atoms with van der Waals surface area (Å²) in [6.45, 7) is 8.07. The summed E-state index contributed by atoms with van der Waals surface area (Å²) in [4.78, 5) is 18.0. The van der Waals surface area contributed by atoms with Crippen molar-refractivity contribution in [3.63, 3.8) is 0 Å². The molecular weight excluding hydrogens is 312 g/mol. The molecule has 25 heavy (non-hydrogen) atoms. The van der Waals surface area contributed by atoms with Crippen LogP contribution in [-0.2, 0) is 0 Å². The summed E-state index contributed by atoms with van der Waals surface area (Å²) in [5.74, 6) is 2.06. The average molecular weight is 334 g/mol. The van der Waals surface area contributed by atoms with Gasteiger partial charge in [0, 0.05) is 35.4 Å². The van der Waals surface area contributed by atoms with Gasteiger partial charge in [0.25, 0.3) is 0 Å². The van der Waals surface area contributed by atoms with Crippen LogP contribution in [0, 0.1) is 13.8 Å². The topological polar surface area (TPSA) is 75.6 Å². The van der Waals surface area contributed by atoms with E-state index in [0.717, 1.165) is 28.6 Å². The lowest BCUT2D eigenvalue weighted by Crippen LogP contribution is -2.12. The van der Waals surface area contributed by atoms with Crippen molar-refractivity contribution in [2.24, 2.45) is 0 Å². The van der Waals surface area contributed by atoms with Crippen LogP contribution in [0.25, 0.3) is 11.5 Å². The van der Waals surface area contributed by atoms with E-state index in [4.69, 9.17) is 0 Å². The van der Waals surface area contributed by atoms with Gasteiger partial charge in [0.05, 0.1) is 0 Å². The van der Waals surface area contributed by atoms with Crippen LogP contribution in [0.3, 0.4) is 0 Å². The largest absolute Gasteiger partial charge is 0.368 e. The fourth-order valence-electron chi connectivity index (χ4n) is 2.43. The zero-order chi connectivity index (χ0) is 17.8. The average Bonchev–Trinajstić information content (AvgIpc) is 2.54. The van der Waals surface area contributed by atoms with Gasteiger partial charge in [-0.25, -0.2) is 15.0 Å². The first-order chi connectivity index (χ1) is 12.0. The van der Waals surface area contributed by atoms with Crippen LogP contribution >= 0.6 is 0 Å². The fourth-order valence-corrected chi connectivity index (χ4v) is 2.43. The second-order valence-electron chi connectivity index (χ2n) is 6.24. The lowest BCUT2D eigenvalue weighted by molar-refractivity contribution is 0.887. The Morgan fingerprint density at radius 2 is 1.68 bits per heavy atom. The highest BCUT2D eigenvalue weighted by atomic mass is 15.1. The van der Waals surface area contributed by atoms with Gasteiger partial charge in [-0.1, -0.05) is 6.07 Å². The molecule has 3 aromatic rings. The monoisotopic (exact) mass is 334 g/mol. The molecule has 6 nitrogen and oxygen atoms in total. The lowest BCUT2D eigenvalue weighted by atomic mass is 10.3. The molecule has 0 aliphatic rings. The normalized spacial score (nSPS) is 10.8. The molecule has 0 bridgehead atoms. The molecule has 0 saturated heterocycles. The molecule has 3 aromatic heterocycles. The molecule has 0 radical (unpaired) electrons. The summed E-state index contributed by atoms with van der Waals surface area (Å²) in [7, 11) is 0. The zero-order valence-corrected chi connectivity index (χ0v) is 14.9. The molecule has 0 aromatic carbocycles. The first kappa shape index (κ1) is 16.8. The van der Waals surface area contributed by atoms with Crippen molar-refractivity contribution in [2.45, 2.75) is 33.7 Å². The van der Waals surface area contributed by atoms with Gasteiger partial charge in [-0.05, 0) is 52.0 Å². The molecule has 0 spiro atoms. The maximum absolute atomic E-state index is 4.63. The van der Waals surface area contributed by atoms with Gasteiger partial charge in [0.1, 0.15) is 17.3 Å². The summed E-state index contributed by atoms with van der Waals surface area (Å²) in [6.07, 6.45) is 1.77. The molecule has 3 heterocycles. The number of hydrogen-bond donors (Lipinski definition) is 2. The van der Waals surface area contributed by atoms with Gasteiger partial charge in [-0.15, -0.1) is 0 Å². The molecule has 0 amide bonds. The van der Waals surface area contributed by atoms with Crippen molar-refractivity contribution in [3.05, 3.63) is 54.0 Å². The van der Waals surface area contributed by atoms with Crippen LogP contribution in [0.15, 0.2) is 42.6 Å². The Morgan fingerprint density at radius 3 is 2.40 bits per heavy atom. The first-order valence-electron chi connectivity index (χ1n) is 8.29. The highest BCUT2D eigenvalue weighted by molar-refractivity contribution is 5.63. The van der Waals surface area contributed by atoms with Crippen LogP contribution in [-0.4, -0.2) is 26.0 Å². The van der Waals surface area contributed by atoms with Gasteiger partial charge < -0.3 is 10.6 Å². The molecule has 6 heteroatoms. The van der Waals surface area contributed by atoms with Crippen LogP contribution in [0.2, 0.25) is 0 Å². The SMILES string of the molecule is Cc1cc(Nc2cc(NC(C)C)nc(-c3cccc(C)n3)n2)ccn1. The van der Waals surface area contributed by atoms with E-state index in [1.54, 1.807) is 6.20 Å². The third kappa shape index (κ3) is 4.50. The quantitative estimate of drug-likeness (QED) is 0.731. The minimum atomic E-state index is 0.268. The Kier molecular flexibility index (Phi) is 4.88. The van der Waals surface area contributed by atoms with E-state index >= 15 is 0 Å². The van der Waals surface area contributed by atoms with Crippen molar-refractivity contribution in [3.8, 4) is 11.5 Å². The summed E-state index contributed by atoms with van der Waals surface area (Å²) < 4.78 is 0. The summed E-state index contributed by atoms with van der Waals surface area (Å²) in [5, 5.41) is 6.66. The molecular formula is C19H22N6. The van der Waals surface area contributed by atoms with Crippen LogP contribution < -0.4 is 10.6 Å². The third-order valence-electron chi connectivity index (χ3n) is 3.45. The summed E-state index contributed by atoms with van der Waals surface area (Å²) in [5.41, 5.74) is 3.56. The van der Waals surface area contributed by atoms with E-state index in [1.807, 2.05) is 50.2 Å². The van der Waals surface area contributed by atoms with E-state index in [-0.39, 0.29) is 6.04 Å². The Bertz CT molecular complexity index is 875. The number of nitrogens with zero attached hydrogens (tertiary/aromatic N) is 4. The van der Waals surface area contributed by atoms with Gasteiger partial charge in [-0.2, -0.15) is 0 Å². The van der Waals surface area contributed by atoms with Crippen molar-refractivity contribution >= 4 is 17.3 Å². The number of aromatic nitrogens is 4. The maximum atomic E-state index is 4.63. The van der Waals surface area contributed by atoms with E-state index in [9.17, 15) is 0 Å². The second kappa shape index (κ2) is 7.25. The highest BCUT2D eigenvalue weighted by Gasteiger charge is 2.10. The van der Waals surface area contributed by atoms with Crippen LogP contribution in [0.5, 0.6) is 0 Å². The van der Waals surface area contributed by atoms with Crippen LogP contribution in [0.1, 0.15) is 25.2 Å². The van der Waals surface area contributed by atoms with Crippen molar-refractivity contribution < 1.29 is 0 Å². The first-order valence-corrected chi connectivity index (χ1v) is 8.29. The van der Waals surface area contributed by atoms with Crippen LogP contribution in [0.4, 0.5) is 17.3 Å². The minimum absolute atomic E-state index is 0.268. The predicted octanol–water partition coefficient (Wildman–Crippen LogP) is 4.11. The fraction of sp³-hybridized carbons (Fsp3) is 0.263. The van der Waals surface area contributed by atoms with E-state index < -0.39 is 0 Å². The number of aryl methyl sites for hydroxylation is 2. The van der Waals surface area contributed by atoms with Gasteiger partial charge in [-0.3, -0.25) is 4.98 Å². The molecule has 0 atom stereocenters. The Morgan fingerprint density at radius 1 is 0.880 bits per heavy atom. The predicted molar refractivity (Wildman–Crippen MR) is 101 cm³/mol. The standard InChI is InChI=1S/C19H22N6/c1-12(2)21-17-11-18(23-15-8-9-20-14(4)10-15)25-19(24-17)16-7-5-6-13(3)22-16/h5-12H,1-4H3,(H2,20,21,23,24,25). The van der Waals surface area contributed by atoms with Gasteiger partial charge in [0.15, 0.2) is 5.82 Å². The molecule has 0 aliphatic heterocycles. The molecule has 128 valence electrons. The lowest BCUT2D eigenvalue weighted by Gasteiger charge is -2.13. The van der Waals surface area contributed by atoms with Crippen molar-refractivity contribution in [2.75, 3.05) is 10.6 Å². The zero-order valence-electron chi connectivity index (χ0n) is 14.9. The number of pyridine rings is 2. The van der Waals surface area contributed by atoms with Crippen molar-refractivity contribution in [1.82, 2.24) is 19.9 Å². The summed E-state index contributed by atoms with van der Waals surface area (Å²) in [6, 6.07) is 11.9. The summed E-state index contributed by atoms with van der Waals surface area (Å²) >= 11 is 0. The Hall–Kier alpha value is -3.02. The van der Waals surface area contributed by atoms with Gasteiger partial charge >= 0.3 is 0 Å². The second-order valence-corrected chi connectivity index (χ2v) is 6.24. The smallest absolute Gasteiger partial charge is 0.182 e. The minimum Gasteiger partial charge on any atom is -0.368 e. The molecule has 2 N–H and O–H groups in total. The molecule has 0 saturated carbocycles. The van der Waals surface area contributed by atoms with E-state index in [2.05, 4.69) is 44.4 Å². The molecule has 0 fully saturated rings. The Balaban J connectivity index is 2.00. The molecule has 0 aliphatic carbocycles. The number of hydrogen-bond acceptors (Lipinski definition) is 6. The maximum Gasteiger partial charge on any atom is 0.182 e. The number of nitrogens with one attached hydrogen (secondary N) is 2. The van der Waals surface area contributed by atoms with Gasteiger partial charge in [0.2, 0.25) is 0 Å². The van der Waals surface area contributed by atoms with Crippen molar-refractivity contribution in [1.29, 1.82) is 0 Å². The number of anilines is 3. The Labute approximate surface area is 147 Å². The molecule has 0 unspecified atom stereocenters. The van der Waals surface area contributed by atoms with E-state index in [0.29, 0.717) is 11.6 Å². The molecule has 3 rings (SSSR count). The number of rotatable bonds is 5. The van der Waals surface area contributed by atoms with E-state index in [1.165, 1.54) is 0 Å². The highest BCUT2D eigenvalue weighted by Crippen LogP contribution is 2.22. The third-order valence-corrected chi connectivity index (χ3v) is 3.45.